The molecular weight excluding hydrogens is 263 g/mol. The molecule has 0 aliphatic carbocycles. The lowest BCUT2D eigenvalue weighted by Gasteiger charge is -2.44. The molecule has 3 heteroatoms. The number of likely N-dealkylation sites (tertiary alicyclic amines) is 1. The number of hydrogen-bond acceptors (Lipinski definition) is 2. The van der Waals surface area contributed by atoms with Crippen molar-refractivity contribution in [2.75, 3.05) is 13.1 Å². The lowest BCUT2D eigenvalue weighted by atomic mass is 9.77. The van der Waals surface area contributed by atoms with E-state index in [1.807, 2.05) is 12.1 Å². The Morgan fingerprint density at radius 3 is 2.38 bits per heavy atom. The van der Waals surface area contributed by atoms with Gasteiger partial charge in [0.05, 0.1) is 6.04 Å². The third-order valence-electron chi connectivity index (χ3n) is 5.35. The zero-order valence-corrected chi connectivity index (χ0v) is 13.6. The van der Waals surface area contributed by atoms with Crippen molar-refractivity contribution in [2.45, 2.75) is 58.5 Å². The predicted octanol–water partition coefficient (Wildman–Crippen LogP) is 4.12. The Balaban J connectivity index is 2.21. The van der Waals surface area contributed by atoms with Gasteiger partial charge in [-0.25, -0.2) is 4.39 Å². The summed E-state index contributed by atoms with van der Waals surface area (Å²) in [6.45, 7) is 8.73. The van der Waals surface area contributed by atoms with E-state index in [2.05, 4.69) is 25.7 Å². The standard InChI is InChI=1S/C18H29FN2/c1-4-16(20)17(14-8-6-7-9-15(14)19)21-12-10-18(3,5-2)11-13-21/h6-9,16-17H,4-5,10-13,20H2,1-3H3. The van der Waals surface area contributed by atoms with E-state index in [1.54, 1.807) is 12.1 Å². The first-order chi connectivity index (χ1) is 10.0. The Hall–Kier alpha value is -0.930. The highest BCUT2D eigenvalue weighted by Gasteiger charge is 2.34. The van der Waals surface area contributed by atoms with Crippen LogP contribution in [0.4, 0.5) is 4.39 Å². The van der Waals surface area contributed by atoms with Crippen molar-refractivity contribution in [3.63, 3.8) is 0 Å². The molecule has 2 nitrogen and oxygen atoms in total. The summed E-state index contributed by atoms with van der Waals surface area (Å²) in [6.07, 6.45) is 4.42. The van der Waals surface area contributed by atoms with Gasteiger partial charge in [-0.05, 0) is 43.8 Å². The van der Waals surface area contributed by atoms with Crippen molar-refractivity contribution in [1.29, 1.82) is 0 Å². The fraction of sp³-hybridized carbons (Fsp3) is 0.667. The predicted molar refractivity (Wildman–Crippen MR) is 86.6 cm³/mol. The van der Waals surface area contributed by atoms with Crippen LogP contribution in [0, 0.1) is 11.2 Å². The maximum Gasteiger partial charge on any atom is 0.128 e. The van der Waals surface area contributed by atoms with Crippen LogP contribution in [-0.2, 0) is 0 Å². The van der Waals surface area contributed by atoms with Gasteiger partial charge in [0.2, 0.25) is 0 Å². The SMILES string of the molecule is CCC(N)C(c1ccccc1F)N1CCC(C)(CC)CC1. The van der Waals surface area contributed by atoms with Crippen LogP contribution in [0.25, 0.3) is 0 Å². The van der Waals surface area contributed by atoms with Crippen molar-refractivity contribution >= 4 is 0 Å². The van der Waals surface area contributed by atoms with Gasteiger partial charge in [-0.15, -0.1) is 0 Å². The number of nitrogens with two attached hydrogens (primary N) is 1. The smallest absolute Gasteiger partial charge is 0.128 e. The first-order valence-corrected chi connectivity index (χ1v) is 8.25. The minimum Gasteiger partial charge on any atom is -0.326 e. The Morgan fingerprint density at radius 1 is 1.24 bits per heavy atom. The highest BCUT2D eigenvalue weighted by atomic mass is 19.1. The zero-order valence-electron chi connectivity index (χ0n) is 13.6. The van der Waals surface area contributed by atoms with Gasteiger partial charge in [-0.2, -0.15) is 0 Å². The minimum absolute atomic E-state index is 0.00222. The van der Waals surface area contributed by atoms with Gasteiger partial charge in [0.15, 0.2) is 0 Å². The van der Waals surface area contributed by atoms with E-state index in [0.29, 0.717) is 5.41 Å². The number of rotatable bonds is 5. The van der Waals surface area contributed by atoms with Crippen LogP contribution in [-0.4, -0.2) is 24.0 Å². The van der Waals surface area contributed by atoms with Gasteiger partial charge in [0.1, 0.15) is 5.82 Å². The molecule has 1 aromatic rings. The fourth-order valence-electron chi connectivity index (χ4n) is 3.33. The highest BCUT2D eigenvalue weighted by molar-refractivity contribution is 5.23. The van der Waals surface area contributed by atoms with E-state index in [-0.39, 0.29) is 17.9 Å². The summed E-state index contributed by atoms with van der Waals surface area (Å²) in [5, 5.41) is 0. The van der Waals surface area contributed by atoms with Crippen LogP contribution >= 0.6 is 0 Å². The fourth-order valence-corrected chi connectivity index (χ4v) is 3.33. The summed E-state index contributed by atoms with van der Waals surface area (Å²) in [5.74, 6) is -0.129. The number of piperidine rings is 1. The summed E-state index contributed by atoms with van der Waals surface area (Å²) >= 11 is 0. The molecule has 0 spiro atoms. The largest absolute Gasteiger partial charge is 0.326 e. The van der Waals surface area contributed by atoms with Crippen LogP contribution in [0.15, 0.2) is 24.3 Å². The molecule has 118 valence electrons. The summed E-state index contributed by atoms with van der Waals surface area (Å²) in [7, 11) is 0. The Kier molecular flexibility index (Phi) is 5.39. The van der Waals surface area contributed by atoms with E-state index in [0.717, 1.165) is 25.1 Å². The molecule has 2 unspecified atom stereocenters. The van der Waals surface area contributed by atoms with Gasteiger partial charge in [-0.1, -0.05) is 45.4 Å². The molecule has 1 saturated heterocycles. The molecule has 0 amide bonds. The second-order valence-electron chi connectivity index (χ2n) is 6.74. The van der Waals surface area contributed by atoms with Crippen LogP contribution in [0.1, 0.15) is 58.1 Å². The molecule has 1 aliphatic heterocycles. The summed E-state index contributed by atoms with van der Waals surface area (Å²) in [4.78, 5) is 2.39. The average Bonchev–Trinajstić information content (AvgIpc) is 2.51. The number of benzene rings is 1. The van der Waals surface area contributed by atoms with E-state index in [4.69, 9.17) is 5.73 Å². The van der Waals surface area contributed by atoms with Gasteiger partial charge < -0.3 is 5.73 Å². The van der Waals surface area contributed by atoms with Crippen molar-refractivity contribution in [1.82, 2.24) is 4.90 Å². The maximum absolute atomic E-state index is 14.2. The van der Waals surface area contributed by atoms with E-state index in [1.165, 1.54) is 19.3 Å². The van der Waals surface area contributed by atoms with E-state index >= 15 is 0 Å². The normalized spacial score (nSPS) is 22.0. The minimum atomic E-state index is -0.129. The molecule has 0 aromatic heterocycles. The molecule has 21 heavy (non-hydrogen) atoms. The van der Waals surface area contributed by atoms with E-state index < -0.39 is 0 Å². The number of nitrogens with zero attached hydrogens (tertiary/aromatic N) is 1. The van der Waals surface area contributed by atoms with Crippen molar-refractivity contribution in [2.24, 2.45) is 11.1 Å². The monoisotopic (exact) mass is 292 g/mol. The second-order valence-corrected chi connectivity index (χ2v) is 6.74. The average molecular weight is 292 g/mol. The molecule has 2 atom stereocenters. The van der Waals surface area contributed by atoms with Crippen LogP contribution in [0.3, 0.4) is 0 Å². The van der Waals surface area contributed by atoms with Crippen LogP contribution < -0.4 is 5.73 Å². The van der Waals surface area contributed by atoms with Gasteiger partial charge >= 0.3 is 0 Å². The molecular formula is C18H29FN2. The molecule has 0 radical (unpaired) electrons. The Labute approximate surface area is 128 Å². The second kappa shape index (κ2) is 6.89. The summed E-state index contributed by atoms with van der Waals surface area (Å²) in [5.41, 5.74) is 7.53. The number of hydrogen-bond donors (Lipinski definition) is 1. The quantitative estimate of drug-likeness (QED) is 0.884. The molecule has 1 aliphatic rings. The first kappa shape index (κ1) is 16.4. The van der Waals surface area contributed by atoms with Crippen molar-refractivity contribution in [3.05, 3.63) is 35.6 Å². The number of halogens is 1. The first-order valence-electron chi connectivity index (χ1n) is 8.25. The van der Waals surface area contributed by atoms with Crippen molar-refractivity contribution < 1.29 is 4.39 Å². The molecule has 0 bridgehead atoms. The molecule has 1 fully saturated rings. The summed E-state index contributed by atoms with van der Waals surface area (Å²) in [6, 6.07) is 7.07. The summed E-state index contributed by atoms with van der Waals surface area (Å²) < 4.78 is 14.2. The molecule has 2 rings (SSSR count). The molecule has 1 aromatic carbocycles. The lowest BCUT2D eigenvalue weighted by Crippen LogP contribution is -2.46. The molecule has 0 saturated carbocycles. The Morgan fingerprint density at radius 2 is 1.86 bits per heavy atom. The topological polar surface area (TPSA) is 29.3 Å². The van der Waals surface area contributed by atoms with Crippen LogP contribution in [0.2, 0.25) is 0 Å². The maximum atomic E-state index is 14.2. The van der Waals surface area contributed by atoms with Gasteiger partial charge in [0.25, 0.3) is 0 Å². The van der Waals surface area contributed by atoms with E-state index in [9.17, 15) is 4.39 Å². The Bertz CT molecular complexity index is 452. The van der Waals surface area contributed by atoms with Gasteiger partial charge in [-0.3, -0.25) is 4.90 Å². The molecule has 1 heterocycles. The highest BCUT2D eigenvalue weighted by Crippen LogP contribution is 2.38. The third-order valence-corrected chi connectivity index (χ3v) is 5.35. The van der Waals surface area contributed by atoms with Crippen molar-refractivity contribution in [3.8, 4) is 0 Å². The van der Waals surface area contributed by atoms with Gasteiger partial charge in [0, 0.05) is 11.6 Å². The molecule has 2 N–H and O–H groups in total. The third kappa shape index (κ3) is 3.64. The van der Waals surface area contributed by atoms with Crippen LogP contribution in [0.5, 0.6) is 0 Å². The lowest BCUT2D eigenvalue weighted by molar-refractivity contribution is 0.0679. The zero-order chi connectivity index (χ0) is 15.5.